The lowest BCUT2D eigenvalue weighted by Gasteiger charge is -2.57. The Morgan fingerprint density at radius 2 is 1.96 bits per heavy atom. The van der Waals surface area contributed by atoms with E-state index in [0.29, 0.717) is 31.3 Å². The number of nitrogens with two attached hydrogens (primary N) is 1. The van der Waals surface area contributed by atoms with Crippen LogP contribution in [0, 0.1) is 33.5 Å². The number of hydrogen-bond acceptors (Lipinski definition) is 4. The van der Waals surface area contributed by atoms with Gasteiger partial charge in [0.05, 0.1) is 11.0 Å². The van der Waals surface area contributed by atoms with Crippen LogP contribution < -0.4 is 5.73 Å². The fraction of sp³-hybridized carbons (Fsp3) is 0.579. The summed E-state index contributed by atoms with van der Waals surface area (Å²) >= 11 is 0. The number of Topliss-reactive ketones (excluding diaryl/α,β-unsaturated/α-hetero) is 1. The summed E-state index contributed by atoms with van der Waals surface area (Å²) in [5.74, 6) is -0.672. The second-order valence-corrected chi connectivity index (χ2v) is 8.07. The maximum atomic E-state index is 12.6. The molecule has 0 radical (unpaired) electrons. The van der Waals surface area contributed by atoms with E-state index < -0.39 is 22.2 Å². The molecule has 24 heavy (non-hydrogen) atoms. The summed E-state index contributed by atoms with van der Waals surface area (Å²) in [6, 6.07) is 2.00. The fourth-order valence-corrected chi connectivity index (χ4v) is 5.27. The summed E-state index contributed by atoms with van der Waals surface area (Å²) in [5, 5.41) is 9.40. The van der Waals surface area contributed by atoms with Crippen LogP contribution in [0.2, 0.25) is 0 Å². The lowest BCUT2D eigenvalue weighted by molar-refractivity contribution is -0.135. The van der Waals surface area contributed by atoms with Crippen molar-refractivity contribution in [3.05, 3.63) is 23.3 Å². The molecule has 3 aliphatic rings. The highest BCUT2D eigenvalue weighted by molar-refractivity contribution is 6.05. The summed E-state index contributed by atoms with van der Waals surface area (Å²) < 4.78 is 0. The van der Waals surface area contributed by atoms with E-state index in [2.05, 4.69) is 0 Å². The van der Waals surface area contributed by atoms with Crippen LogP contribution in [0.5, 0.6) is 0 Å². The van der Waals surface area contributed by atoms with Crippen LogP contribution in [0.4, 0.5) is 0 Å². The Labute approximate surface area is 141 Å². The van der Waals surface area contributed by atoms with Gasteiger partial charge in [0.2, 0.25) is 5.91 Å². The normalized spacial score (nSPS) is 37.5. The Kier molecular flexibility index (Phi) is 3.39. The van der Waals surface area contributed by atoms with Gasteiger partial charge in [0.25, 0.3) is 0 Å². The molecule has 0 aromatic heterocycles. The maximum absolute atomic E-state index is 12.6. The van der Waals surface area contributed by atoms with Gasteiger partial charge < -0.3 is 5.73 Å². The standard InChI is InChI=1S/C19H22N2O3/c1-17(2)13-5-7-19(16(21)24)6-4-12(22)8-14(19)18(13,3)9-11(10-20)15(17)23/h8-9,13H,4-7H2,1-3H3,(H2,21,24)/t13-,18-,19-/m0/s1. The van der Waals surface area contributed by atoms with Crippen LogP contribution in [-0.2, 0) is 14.4 Å². The molecule has 0 aromatic carbocycles. The van der Waals surface area contributed by atoms with Crippen molar-refractivity contribution in [1.82, 2.24) is 0 Å². The molecule has 3 aliphatic carbocycles. The van der Waals surface area contributed by atoms with E-state index in [-0.39, 0.29) is 23.1 Å². The second-order valence-electron chi connectivity index (χ2n) is 8.07. The minimum atomic E-state index is -0.841. The van der Waals surface area contributed by atoms with E-state index in [4.69, 9.17) is 5.73 Å². The fourth-order valence-electron chi connectivity index (χ4n) is 5.27. The van der Waals surface area contributed by atoms with Crippen molar-refractivity contribution >= 4 is 17.5 Å². The first-order valence-corrected chi connectivity index (χ1v) is 8.33. The number of primary amides is 1. The summed E-state index contributed by atoms with van der Waals surface area (Å²) in [7, 11) is 0. The van der Waals surface area contributed by atoms with Crippen LogP contribution >= 0.6 is 0 Å². The van der Waals surface area contributed by atoms with E-state index in [0.717, 1.165) is 0 Å². The number of rotatable bonds is 1. The average Bonchev–Trinajstić information content (AvgIpc) is 2.51. The van der Waals surface area contributed by atoms with Gasteiger partial charge in [-0.2, -0.15) is 5.26 Å². The molecule has 0 aromatic rings. The molecule has 0 aliphatic heterocycles. The highest BCUT2D eigenvalue weighted by Crippen LogP contribution is 2.63. The third-order valence-corrected chi connectivity index (χ3v) is 6.52. The second kappa shape index (κ2) is 4.89. The third kappa shape index (κ3) is 1.89. The van der Waals surface area contributed by atoms with Crippen LogP contribution in [0.3, 0.4) is 0 Å². The first kappa shape index (κ1) is 16.6. The molecular formula is C19H22N2O3. The summed E-state index contributed by atoms with van der Waals surface area (Å²) in [6.07, 6.45) is 5.17. The van der Waals surface area contributed by atoms with Crippen molar-refractivity contribution in [2.75, 3.05) is 0 Å². The van der Waals surface area contributed by atoms with Crippen molar-refractivity contribution in [3.8, 4) is 6.07 Å². The van der Waals surface area contributed by atoms with E-state index in [1.807, 2.05) is 26.8 Å². The van der Waals surface area contributed by atoms with Gasteiger partial charge in [0.15, 0.2) is 11.6 Å². The summed E-state index contributed by atoms with van der Waals surface area (Å²) in [4.78, 5) is 37.1. The Morgan fingerprint density at radius 1 is 1.29 bits per heavy atom. The molecule has 3 atom stereocenters. The Morgan fingerprint density at radius 3 is 2.54 bits per heavy atom. The third-order valence-electron chi connectivity index (χ3n) is 6.52. The van der Waals surface area contributed by atoms with Gasteiger partial charge in [0.1, 0.15) is 6.07 Å². The number of hydrogen-bond donors (Lipinski definition) is 1. The van der Waals surface area contributed by atoms with Crippen LogP contribution in [0.1, 0.15) is 46.5 Å². The quantitative estimate of drug-likeness (QED) is 0.798. The SMILES string of the molecule is CC1(C)C(=O)C(C#N)=C[C@]2(C)C3=CC(=O)CC[C@]3(C(N)=O)CC[C@@H]12. The highest BCUT2D eigenvalue weighted by atomic mass is 16.1. The van der Waals surface area contributed by atoms with Gasteiger partial charge in [-0.3, -0.25) is 14.4 Å². The zero-order valence-electron chi connectivity index (χ0n) is 14.3. The Bertz CT molecular complexity index is 768. The predicted octanol–water partition coefficient (Wildman–Crippen LogP) is 2.22. The van der Waals surface area contributed by atoms with E-state index >= 15 is 0 Å². The predicted molar refractivity (Wildman–Crippen MR) is 87.3 cm³/mol. The maximum Gasteiger partial charge on any atom is 0.227 e. The molecule has 1 amide bonds. The van der Waals surface area contributed by atoms with Gasteiger partial charge in [-0.05, 0) is 36.8 Å². The Hall–Kier alpha value is -2.22. The summed E-state index contributed by atoms with van der Waals surface area (Å²) in [6.45, 7) is 5.64. The Balaban J connectivity index is 2.30. The van der Waals surface area contributed by atoms with E-state index in [9.17, 15) is 19.6 Å². The molecule has 3 rings (SSSR count). The molecule has 2 N–H and O–H groups in total. The largest absolute Gasteiger partial charge is 0.369 e. The highest BCUT2D eigenvalue weighted by Gasteiger charge is 2.61. The van der Waals surface area contributed by atoms with Gasteiger partial charge in [-0.15, -0.1) is 0 Å². The zero-order chi connectivity index (χ0) is 17.9. The molecule has 0 spiro atoms. The number of ketones is 2. The van der Waals surface area contributed by atoms with Crippen molar-refractivity contribution in [3.63, 3.8) is 0 Å². The van der Waals surface area contributed by atoms with Crippen LogP contribution in [0.25, 0.3) is 0 Å². The first-order chi connectivity index (χ1) is 11.1. The number of carbonyl (C=O) groups is 3. The average molecular weight is 326 g/mol. The van der Waals surface area contributed by atoms with Crippen molar-refractivity contribution in [1.29, 1.82) is 5.26 Å². The minimum Gasteiger partial charge on any atom is -0.369 e. The van der Waals surface area contributed by atoms with Gasteiger partial charge in [-0.25, -0.2) is 0 Å². The first-order valence-electron chi connectivity index (χ1n) is 8.33. The minimum absolute atomic E-state index is 0.0228. The van der Waals surface area contributed by atoms with E-state index in [1.54, 1.807) is 12.2 Å². The smallest absolute Gasteiger partial charge is 0.227 e. The zero-order valence-corrected chi connectivity index (χ0v) is 14.3. The molecule has 126 valence electrons. The number of nitriles is 1. The van der Waals surface area contributed by atoms with Crippen LogP contribution in [-0.4, -0.2) is 17.5 Å². The molecule has 5 nitrogen and oxygen atoms in total. The number of carbonyl (C=O) groups excluding carboxylic acids is 3. The molecular weight excluding hydrogens is 304 g/mol. The number of amides is 1. The number of nitrogens with zero attached hydrogens (tertiary/aromatic N) is 1. The van der Waals surface area contributed by atoms with Crippen molar-refractivity contribution in [2.24, 2.45) is 27.9 Å². The molecule has 0 bridgehead atoms. The van der Waals surface area contributed by atoms with Crippen molar-refractivity contribution in [2.45, 2.75) is 46.5 Å². The molecule has 5 heteroatoms. The molecule has 0 unspecified atom stereocenters. The topological polar surface area (TPSA) is 101 Å². The molecule has 1 saturated carbocycles. The number of fused-ring (bicyclic) bond motifs is 3. The lowest BCUT2D eigenvalue weighted by Crippen LogP contribution is -2.57. The molecule has 0 heterocycles. The molecule has 1 fully saturated rings. The monoisotopic (exact) mass is 326 g/mol. The molecule has 0 saturated heterocycles. The van der Waals surface area contributed by atoms with Gasteiger partial charge in [-0.1, -0.05) is 26.8 Å². The van der Waals surface area contributed by atoms with Gasteiger partial charge >= 0.3 is 0 Å². The van der Waals surface area contributed by atoms with Crippen LogP contribution in [0.15, 0.2) is 23.3 Å². The lowest BCUT2D eigenvalue weighted by atomic mass is 9.44. The van der Waals surface area contributed by atoms with E-state index in [1.165, 1.54) is 0 Å². The number of allylic oxidation sites excluding steroid dienone is 3. The van der Waals surface area contributed by atoms with Crippen molar-refractivity contribution < 1.29 is 14.4 Å². The summed E-state index contributed by atoms with van der Waals surface area (Å²) in [5.41, 5.74) is 4.31. The van der Waals surface area contributed by atoms with Gasteiger partial charge in [0, 0.05) is 17.3 Å².